The van der Waals surface area contributed by atoms with E-state index < -0.39 is 17.6 Å². The SMILES string of the molecule is NCC(O)C(c1ccccc1)N1C(=O)C2(CCCCC2)c2cc(F)ccc21. The molecule has 27 heavy (non-hydrogen) atoms. The third kappa shape index (κ3) is 2.86. The Kier molecular flexibility index (Phi) is 4.74. The van der Waals surface area contributed by atoms with Crippen molar-refractivity contribution in [2.45, 2.75) is 49.7 Å². The highest BCUT2D eigenvalue weighted by atomic mass is 19.1. The van der Waals surface area contributed by atoms with Gasteiger partial charge in [-0.2, -0.15) is 0 Å². The van der Waals surface area contributed by atoms with Crippen molar-refractivity contribution in [3.05, 3.63) is 65.5 Å². The molecule has 1 amide bonds. The summed E-state index contributed by atoms with van der Waals surface area (Å²) in [6.45, 7) is 0.0346. The number of fused-ring (bicyclic) bond motifs is 2. The fourth-order valence-corrected chi connectivity index (χ4v) is 4.79. The molecule has 1 spiro atoms. The second-order valence-corrected chi connectivity index (χ2v) is 7.64. The van der Waals surface area contributed by atoms with Crippen LogP contribution in [0.5, 0.6) is 0 Å². The van der Waals surface area contributed by atoms with Crippen LogP contribution in [0.25, 0.3) is 0 Å². The number of hydrogen-bond acceptors (Lipinski definition) is 3. The average molecular weight is 368 g/mol. The van der Waals surface area contributed by atoms with Gasteiger partial charge in [-0.25, -0.2) is 4.39 Å². The molecule has 4 nitrogen and oxygen atoms in total. The third-order valence-electron chi connectivity index (χ3n) is 6.09. The van der Waals surface area contributed by atoms with Gasteiger partial charge in [-0.15, -0.1) is 0 Å². The van der Waals surface area contributed by atoms with Crippen LogP contribution in [0.1, 0.15) is 49.3 Å². The van der Waals surface area contributed by atoms with Crippen molar-refractivity contribution in [2.24, 2.45) is 5.73 Å². The molecular formula is C22H25FN2O2. The van der Waals surface area contributed by atoms with E-state index in [4.69, 9.17) is 5.73 Å². The molecule has 2 aliphatic rings. The van der Waals surface area contributed by atoms with E-state index in [0.29, 0.717) is 5.69 Å². The lowest BCUT2D eigenvalue weighted by Crippen LogP contribution is -2.47. The Bertz CT molecular complexity index is 833. The van der Waals surface area contributed by atoms with E-state index in [-0.39, 0.29) is 18.3 Å². The number of benzene rings is 2. The van der Waals surface area contributed by atoms with Gasteiger partial charge in [0.25, 0.3) is 0 Å². The molecule has 0 radical (unpaired) electrons. The minimum atomic E-state index is -0.909. The summed E-state index contributed by atoms with van der Waals surface area (Å²) in [5, 5.41) is 10.7. The molecule has 3 N–H and O–H groups in total. The third-order valence-corrected chi connectivity index (χ3v) is 6.09. The normalized spacial score (nSPS) is 20.6. The summed E-state index contributed by atoms with van der Waals surface area (Å²) in [6, 6.07) is 13.4. The number of aliphatic hydroxyl groups excluding tert-OH is 1. The number of nitrogens with two attached hydrogens (primary N) is 1. The van der Waals surface area contributed by atoms with Crippen LogP contribution < -0.4 is 10.6 Å². The Morgan fingerprint density at radius 1 is 1.11 bits per heavy atom. The number of amides is 1. The van der Waals surface area contributed by atoms with E-state index in [2.05, 4.69) is 0 Å². The molecule has 5 heteroatoms. The van der Waals surface area contributed by atoms with Crippen LogP contribution in [0.15, 0.2) is 48.5 Å². The topological polar surface area (TPSA) is 66.6 Å². The molecule has 1 aliphatic carbocycles. The molecule has 0 saturated heterocycles. The zero-order chi connectivity index (χ0) is 19.0. The first-order valence-electron chi connectivity index (χ1n) is 9.65. The molecule has 1 fully saturated rings. The molecule has 0 aromatic heterocycles. The Morgan fingerprint density at radius 3 is 2.48 bits per heavy atom. The summed E-state index contributed by atoms with van der Waals surface area (Å²) in [6.07, 6.45) is 3.52. The molecule has 142 valence electrons. The van der Waals surface area contributed by atoms with Gasteiger partial charge in [0.2, 0.25) is 5.91 Å². The number of anilines is 1. The van der Waals surface area contributed by atoms with Crippen LogP contribution in [-0.4, -0.2) is 23.7 Å². The number of carbonyl (C=O) groups is 1. The Morgan fingerprint density at radius 2 is 1.81 bits per heavy atom. The van der Waals surface area contributed by atoms with Gasteiger partial charge in [0.05, 0.1) is 17.6 Å². The predicted molar refractivity (Wildman–Crippen MR) is 103 cm³/mol. The van der Waals surface area contributed by atoms with Gasteiger partial charge in [-0.3, -0.25) is 4.79 Å². The monoisotopic (exact) mass is 368 g/mol. The summed E-state index contributed by atoms with van der Waals surface area (Å²) < 4.78 is 14.1. The molecule has 1 heterocycles. The number of halogens is 1. The summed E-state index contributed by atoms with van der Waals surface area (Å²) in [5.74, 6) is -0.367. The second kappa shape index (κ2) is 7.06. The Balaban J connectivity index is 1.88. The van der Waals surface area contributed by atoms with E-state index in [0.717, 1.165) is 43.2 Å². The quantitative estimate of drug-likeness (QED) is 0.869. The first-order chi connectivity index (χ1) is 13.1. The molecule has 4 rings (SSSR count). The van der Waals surface area contributed by atoms with Crippen molar-refractivity contribution in [1.82, 2.24) is 0 Å². The fourth-order valence-electron chi connectivity index (χ4n) is 4.79. The highest BCUT2D eigenvalue weighted by molar-refractivity contribution is 6.08. The van der Waals surface area contributed by atoms with E-state index >= 15 is 0 Å². The maximum atomic E-state index is 14.1. The van der Waals surface area contributed by atoms with Crippen molar-refractivity contribution in [1.29, 1.82) is 0 Å². The molecular weight excluding hydrogens is 343 g/mol. The smallest absolute Gasteiger partial charge is 0.238 e. The van der Waals surface area contributed by atoms with Gasteiger partial charge in [0.15, 0.2) is 0 Å². The number of carbonyl (C=O) groups excluding carboxylic acids is 1. The van der Waals surface area contributed by atoms with Crippen LogP contribution in [0.2, 0.25) is 0 Å². The van der Waals surface area contributed by atoms with Crippen molar-refractivity contribution in [2.75, 3.05) is 11.4 Å². The van der Waals surface area contributed by atoms with E-state index in [1.807, 2.05) is 30.3 Å². The lowest BCUT2D eigenvalue weighted by atomic mass is 9.70. The van der Waals surface area contributed by atoms with E-state index in [9.17, 15) is 14.3 Å². The fraction of sp³-hybridized carbons (Fsp3) is 0.409. The number of aliphatic hydroxyl groups is 1. The summed E-state index contributed by atoms with van der Waals surface area (Å²) in [4.78, 5) is 15.4. The van der Waals surface area contributed by atoms with Crippen molar-refractivity contribution in [3.63, 3.8) is 0 Å². The van der Waals surface area contributed by atoms with Gasteiger partial charge in [0.1, 0.15) is 5.82 Å². The molecule has 1 saturated carbocycles. The van der Waals surface area contributed by atoms with E-state index in [1.165, 1.54) is 12.1 Å². The predicted octanol–water partition coefficient (Wildman–Crippen LogP) is 3.44. The maximum Gasteiger partial charge on any atom is 0.238 e. The van der Waals surface area contributed by atoms with Crippen molar-refractivity contribution < 1.29 is 14.3 Å². The largest absolute Gasteiger partial charge is 0.389 e. The highest BCUT2D eigenvalue weighted by Gasteiger charge is 2.53. The van der Waals surface area contributed by atoms with E-state index in [1.54, 1.807) is 11.0 Å². The molecule has 2 aromatic rings. The summed E-state index contributed by atoms with van der Waals surface area (Å²) >= 11 is 0. The standard InChI is InChI=1S/C22H25FN2O2/c23-16-9-10-18-17(13-16)22(11-5-2-6-12-22)21(27)25(18)20(19(26)14-24)15-7-3-1-4-8-15/h1,3-4,7-10,13,19-20,26H,2,5-6,11-12,14,24H2. The van der Waals surface area contributed by atoms with Gasteiger partial charge in [-0.05, 0) is 42.2 Å². The van der Waals surface area contributed by atoms with Crippen LogP contribution >= 0.6 is 0 Å². The van der Waals surface area contributed by atoms with Crippen LogP contribution in [0.4, 0.5) is 10.1 Å². The minimum Gasteiger partial charge on any atom is -0.389 e. The number of nitrogens with zero attached hydrogens (tertiary/aromatic N) is 1. The van der Waals surface area contributed by atoms with Crippen LogP contribution in [0, 0.1) is 5.82 Å². The van der Waals surface area contributed by atoms with Gasteiger partial charge >= 0.3 is 0 Å². The van der Waals surface area contributed by atoms with Crippen molar-refractivity contribution >= 4 is 11.6 Å². The Labute approximate surface area is 158 Å². The maximum absolute atomic E-state index is 14.1. The summed E-state index contributed by atoms with van der Waals surface area (Å²) in [7, 11) is 0. The number of rotatable bonds is 4. The van der Waals surface area contributed by atoms with Gasteiger partial charge in [0, 0.05) is 12.2 Å². The summed E-state index contributed by atoms with van der Waals surface area (Å²) in [5.41, 5.74) is 7.39. The lowest BCUT2D eigenvalue weighted by Gasteiger charge is -2.36. The first kappa shape index (κ1) is 18.1. The molecule has 2 unspecified atom stereocenters. The lowest BCUT2D eigenvalue weighted by molar-refractivity contribution is -0.125. The zero-order valence-electron chi connectivity index (χ0n) is 15.3. The number of hydrogen-bond donors (Lipinski definition) is 2. The van der Waals surface area contributed by atoms with Crippen LogP contribution in [0.3, 0.4) is 0 Å². The molecule has 0 bridgehead atoms. The molecule has 2 aromatic carbocycles. The Hall–Kier alpha value is -2.24. The molecule has 2 atom stereocenters. The van der Waals surface area contributed by atoms with Gasteiger partial charge < -0.3 is 15.7 Å². The second-order valence-electron chi connectivity index (χ2n) is 7.64. The first-order valence-corrected chi connectivity index (χ1v) is 9.65. The average Bonchev–Trinajstić information content (AvgIpc) is 2.92. The zero-order valence-corrected chi connectivity index (χ0v) is 15.3. The van der Waals surface area contributed by atoms with Crippen LogP contribution in [-0.2, 0) is 10.2 Å². The molecule has 1 aliphatic heterocycles. The van der Waals surface area contributed by atoms with Crippen molar-refractivity contribution in [3.8, 4) is 0 Å². The van der Waals surface area contributed by atoms with Gasteiger partial charge in [-0.1, -0.05) is 49.6 Å². The highest BCUT2D eigenvalue weighted by Crippen LogP contribution is 2.52. The minimum absolute atomic E-state index is 0.0346.